The van der Waals surface area contributed by atoms with Crippen molar-refractivity contribution in [3.8, 4) is 0 Å². The number of aliphatic imine (C=N–C) groups is 1. The third kappa shape index (κ3) is 2.40. The first-order chi connectivity index (χ1) is 11.3. The fraction of sp³-hybridized carbons (Fsp3) is 0.250. The van der Waals surface area contributed by atoms with E-state index < -0.39 is 29.5 Å². The van der Waals surface area contributed by atoms with Gasteiger partial charge in [-0.25, -0.2) is 23.5 Å². The van der Waals surface area contributed by atoms with Crippen molar-refractivity contribution in [1.82, 2.24) is 9.80 Å². The Kier molecular flexibility index (Phi) is 3.75. The molecule has 8 heteroatoms. The molecule has 0 aromatic heterocycles. The van der Waals surface area contributed by atoms with E-state index in [0.717, 1.165) is 17.0 Å². The molecule has 0 spiro atoms. The lowest BCUT2D eigenvalue weighted by molar-refractivity contribution is -0.383. The predicted octanol–water partition coefficient (Wildman–Crippen LogP) is 0.574. The average Bonchev–Trinajstić information content (AvgIpc) is 2.56. The molecule has 1 aromatic rings. The van der Waals surface area contributed by atoms with Crippen molar-refractivity contribution in [3.05, 3.63) is 41.6 Å². The number of fused-ring (bicyclic) bond motifs is 1. The van der Waals surface area contributed by atoms with Gasteiger partial charge in [0, 0.05) is 18.7 Å². The summed E-state index contributed by atoms with van der Waals surface area (Å²) in [6.45, 7) is 1.74. The zero-order valence-corrected chi connectivity index (χ0v) is 13.3. The molecule has 1 N–H and O–H groups in total. The number of rotatable bonds is 1. The van der Waals surface area contributed by atoms with E-state index >= 15 is 0 Å². The Balaban J connectivity index is 2.10. The van der Waals surface area contributed by atoms with Gasteiger partial charge in [0.15, 0.2) is 17.6 Å². The molecule has 124 valence electrons. The molecule has 3 rings (SSSR count). The second-order valence-electron chi connectivity index (χ2n) is 5.62. The summed E-state index contributed by atoms with van der Waals surface area (Å²) >= 11 is 0. The molecule has 0 bridgehead atoms. The molecule has 2 aliphatic rings. The largest absolute Gasteiger partial charge is 0.417 e. The highest BCUT2D eigenvalue weighted by Gasteiger charge is 2.50. The summed E-state index contributed by atoms with van der Waals surface area (Å²) in [7, 11) is 2.94. The van der Waals surface area contributed by atoms with Crippen LogP contribution in [0, 0.1) is 17.6 Å². The van der Waals surface area contributed by atoms with E-state index in [1.54, 1.807) is 20.2 Å². The highest BCUT2D eigenvalue weighted by Crippen LogP contribution is 2.24. The number of nitrogens with one attached hydrogen (secondary N) is 1. The minimum atomic E-state index is -1.02. The standard InChI is InChI=1S/C16H14F2N4O2/c1-8-7-19-14-12(15(23)22(3)16(24)21(14)2)13(8)20-9-4-5-10(17)11(18)6-9/h4-7,12H,1-3H3/p+1. The van der Waals surface area contributed by atoms with E-state index in [9.17, 15) is 18.4 Å². The topological polar surface area (TPSA) is 67.0 Å². The second-order valence-corrected chi connectivity index (χ2v) is 5.62. The van der Waals surface area contributed by atoms with Crippen molar-refractivity contribution >= 4 is 29.2 Å². The molecular weight excluding hydrogens is 318 g/mol. The molecule has 1 unspecified atom stereocenters. The summed E-state index contributed by atoms with van der Waals surface area (Å²) in [4.78, 5) is 34.2. The first-order valence-electron chi connectivity index (χ1n) is 7.20. The average molecular weight is 333 g/mol. The number of urea groups is 1. The Bertz CT molecular complexity index is 844. The lowest BCUT2D eigenvalue weighted by Gasteiger charge is -2.32. The smallest absolute Gasteiger partial charge is 0.273 e. The van der Waals surface area contributed by atoms with Crippen LogP contribution in [0.1, 0.15) is 6.92 Å². The number of hydrogen-bond donors (Lipinski definition) is 1. The van der Waals surface area contributed by atoms with Gasteiger partial charge in [0.05, 0.1) is 24.6 Å². The molecule has 1 aromatic carbocycles. The van der Waals surface area contributed by atoms with Gasteiger partial charge < -0.3 is 0 Å². The Morgan fingerprint density at radius 1 is 1.12 bits per heavy atom. The molecule has 1 atom stereocenters. The number of carbonyl (C=O) groups excluding carboxylic acids is 2. The fourth-order valence-corrected chi connectivity index (χ4v) is 2.68. The Morgan fingerprint density at radius 3 is 2.50 bits per heavy atom. The molecule has 3 amide bonds. The normalized spacial score (nSPS) is 22.5. The molecule has 24 heavy (non-hydrogen) atoms. The molecule has 0 aliphatic carbocycles. The lowest BCUT2D eigenvalue weighted by atomic mass is 9.91. The monoisotopic (exact) mass is 333 g/mol. The van der Waals surface area contributed by atoms with Crippen molar-refractivity contribution in [2.75, 3.05) is 14.1 Å². The van der Waals surface area contributed by atoms with E-state index in [2.05, 4.69) is 9.98 Å². The molecule has 0 saturated carbocycles. The van der Waals surface area contributed by atoms with Gasteiger partial charge in [-0.3, -0.25) is 9.79 Å². The first kappa shape index (κ1) is 16.0. The molecule has 1 fully saturated rings. The maximum absolute atomic E-state index is 13.4. The lowest BCUT2D eigenvalue weighted by Crippen LogP contribution is -2.80. The van der Waals surface area contributed by atoms with Gasteiger partial charge in [0.1, 0.15) is 0 Å². The Hall–Kier alpha value is -2.90. The number of carbonyl (C=O) groups is 2. The molecule has 2 aliphatic heterocycles. The minimum Gasteiger partial charge on any atom is -0.273 e. The van der Waals surface area contributed by atoms with Crippen LogP contribution in [-0.2, 0) is 4.79 Å². The number of allylic oxidation sites excluding steroid dienone is 1. The number of amides is 3. The van der Waals surface area contributed by atoms with Crippen LogP contribution in [0.3, 0.4) is 0 Å². The predicted molar refractivity (Wildman–Crippen MR) is 82.6 cm³/mol. The molecule has 2 heterocycles. The zero-order valence-electron chi connectivity index (χ0n) is 13.3. The summed E-state index contributed by atoms with van der Waals surface area (Å²) in [5.41, 5.74) is 1.23. The minimum absolute atomic E-state index is 0.188. The van der Waals surface area contributed by atoms with Crippen LogP contribution in [-0.4, -0.2) is 47.4 Å². The van der Waals surface area contributed by atoms with E-state index in [1.807, 2.05) is 0 Å². The van der Waals surface area contributed by atoms with Crippen molar-refractivity contribution in [1.29, 1.82) is 0 Å². The fourth-order valence-electron chi connectivity index (χ4n) is 2.68. The summed E-state index contributed by atoms with van der Waals surface area (Å²) < 4.78 is 26.5. The van der Waals surface area contributed by atoms with Crippen LogP contribution in [0.15, 0.2) is 35.0 Å². The quantitative estimate of drug-likeness (QED) is 0.817. The van der Waals surface area contributed by atoms with Crippen molar-refractivity contribution in [2.24, 2.45) is 10.9 Å². The maximum atomic E-state index is 13.4. The van der Waals surface area contributed by atoms with Crippen LogP contribution in [0.5, 0.6) is 0 Å². The summed E-state index contributed by atoms with van der Waals surface area (Å²) in [6.07, 6.45) is 1.62. The van der Waals surface area contributed by atoms with Crippen LogP contribution < -0.4 is 4.99 Å². The van der Waals surface area contributed by atoms with Gasteiger partial charge in [-0.1, -0.05) is 0 Å². The van der Waals surface area contributed by atoms with Gasteiger partial charge >= 0.3 is 6.03 Å². The number of nitrogens with zero attached hydrogens (tertiary/aromatic N) is 3. The number of halogens is 2. The highest BCUT2D eigenvalue weighted by atomic mass is 19.2. The van der Waals surface area contributed by atoms with Gasteiger partial charge in [-0.2, -0.15) is 4.90 Å². The van der Waals surface area contributed by atoms with Crippen LogP contribution >= 0.6 is 0 Å². The van der Waals surface area contributed by atoms with E-state index in [4.69, 9.17) is 0 Å². The molecule has 0 radical (unpaired) electrons. The van der Waals surface area contributed by atoms with Crippen molar-refractivity contribution in [2.45, 2.75) is 6.92 Å². The van der Waals surface area contributed by atoms with Crippen LogP contribution in [0.2, 0.25) is 0 Å². The number of hydrogen-bond acceptors (Lipinski definition) is 3. The maximum Gasteiger partial charge on any atom is 0.417 e. The van der Waals surface area contributed by atoms with Gasteiger partial charge in [-0.15, -0.1) is 0 Å². The SMILES string of the molecule is CC1=C[NH+]=C2C(C(=O)N(C)C(=O)N2C)C1=Nc1ccc(F)c(F)c1. The number of benzene rings is 1. The van der Waals surface area contributed by atoms with Gasteiger partial charge in [0.2, 0.25) is 0 Å². The Labute approximate surface area is 136 Å². The van der Waals surface area contributed by atoms with E-state index in [-0.39, 0.29) is 5.69 Å². The molecule has 1 saturated heterocycles. The summed E-state index contributed by atoms with van der Waals surface area (Å²) in [5, 5.41) is 0. The Morgan fingerprint density at radius 2 is 1.83 bits per heavy atom. The van der Waals surface area contributed by atoms with Crippen molar-refractivity contribution < 1.29 is 23.4 Å². The third-order valence-corrected chi connectivity index (χ3v) is 4.05. The summed E-state index contributed by atoms with van der Waals surface area (Å²) in [6, 6.07) is 2.80. The van der Waals surface area contributed by atoms with Crippen LogP contribution in [0.25, 0.3) is 0 Å². The first-order valence-corrected chi connectivity index (χ1v) is 7.20. The summed E-state index contributed by atoms with van der Waals surface area (Å²) in [5.74, 6) is -2.85. The highest BCUT2D eigenvalue weighted by molar-refractivity contribution is 6.31. The third-order valence-electron chi connectivity index (χ3n) is 4.05. The van der Waals surface area contributed by atoms with Gasteiger partial charge in [-0.05, 0) is 19.1 Å². The van der Waals surface area contributed by atoms with Gasteiger partial charge in [0.25, 0.3) is 11.7 Å². The number of amidine groups is 1. The second kappa shape index (κ2) is 5.63. The molecular formula is C16H15F2N4O2+. The van der Waals surface area contributed by atoms with Crippen molar-refractivity contribution in [3.63, 3.8) is 0 Å². The van der Waals surface area contributed by atoms with E-state index in [1.165, 1.54) is 18.0 Å². The number of imide groups is 1. The van der Waals surface area contributed by atoms with Crippen LogP contribution in [0.4, 0.5) is 19.3 Å². The zero-order chi connectivity index (χ0) is 17.6. The molecule has 6 nitrogen and oxygen atoms in total. The van der Waals surface area contributed by atoms with E-state index in [0.29, 0.717) is 17.1 Å².